The van der Waals surface area contributed by atoms with E-state index in [0.29, 0.717) is 11.5 Å². The van der Waals surface area contributed by atoms with Crippen molar-refractivity contribution in [3.8, 4) is 11.3 Å². The third-order valence-electron chi connectivity index (χ3n) is 2.28. The molecule has 0 spiro atoms. The zero-order valence-corrected chi connectivity index (χ0v) is 8.65. The smallest absolute Gasteiger partial charge is 0.362 e. The maximum absolute atomic E-state index is 11.6. The fourth-order valence-electron chi connectivity index (χ4n) is 1.33. The molecule has 1 aromatic heterocycles. The first-order valence-corrected chi connectivity index (χ1v) is 4.72. The van der Waals surface area contributed by atoms with Crippen LogP contribution in [0.3, 0.4) is 0 Å². The molecule has 0 aliphatic heterocycles. The largest absolute Gasteiger partial charge is 0.425 e. The van der Waals surface area contributed by atoms with Gasteiger partial charge in [0.2, 0.25) is 0 Å². The summed E-state index contributed by atoms with van der Waals surface area (Å²) in [5.74, 6) is 0.569. The van der Waals surface area contributed by atoms with Crippen LogP contribution in [0.5, 0.6) is 0 Å². The average molecular weight is 201 g/mol. The molecule has 0 aliphatic carbocycles. The lowest BCUT2D eigenvalue weighted by molar-refractivity contribution is 0.469. The number of benzene rings is 1. The molecule has 2 rings (SSSR count). The lowest BCUT2D eigenvalue weighted by Gasteiger charge is -2.01. The Morgan fingerprint density at radius 2 is 1.80 bits per heavy atom. The van der Waals surface area contributed by atoms with E-state index in [0.717, 1.165) is 11.3 Å². The molecule has 0 bridgehead atoms. The summed E-state index contributed by atoms with van der Waals surface area (Å²) >= 11 is 0. The molecule has 3 heteroatoms. The minimum absolute atomic E-state index is 0.374. The quantitative estimate of drug-likeness (QED) is 0.711. The van der Waals surface area contributed by atoms with Crippen LogP contribution in [0.4, 0.5) is 0 Å². The summed E-state index contributed by atoms with van der Waals surface area (Å²) in [6.45, 7) is 3.56. The number of aromatic nitrogens is 1. The van der Waals surface area contributed by atoms with Gasteiger partial charge in [0.25, 0.3) is 0 Å². The molecule has 1 heterocycles. The van der Waals surface area contributed by atoms with E-state index in [1.807, 2.05) is 37.3 Å². The van der Waals surface area contributed by atoms with Crippen molar-refractivity contribution < 1.29 is 4.42 Å². The summed E-state index contributed by atoms with van der Waals surface area (Å²) < 4.78 is 5.08. The molecular weight excluding hydrogens is 190 g/mol. The Morgan fingerprint density at radius 3 is 2.47 bits per heavy atom. The Kier molecular flexibility index (Phi) is 2.37. The lowest BCUT2D eigenvalue weighted by atomic mass is 10.1. The van der Waals surface area contributed by atoms with Gasteiger partial charge in [-0.05, 0) is 13.8 Å². The molecule has 0 saturated carbocycles. The number of hydrogen-bond donors (Lipinski definition) is 0. The molecule has 15 heavy (non-hydrogen) atoms. The van der Waals surface area contributed by atoms with E-state index in [-0.39, 0.29) is 5.63 Å². The highest BCUT2D eigenvalue weighted by Crippen LogP contribution is 2.13. The van der Waals surface area contributed by atoms with Crippen molar-refractivity contribution in [2.75, 3.05) is 0 Å². The molecule has 0 saturated heterocycles. The highest BCUT2D eigenvalue weighted by molar-refractivity contribution is 5.57. The molecular formula is C12H11NO2. The predicted molar refractivity (Wildman–Crippen MR) is 57.7 cm³/mol. The fraction of sp³-hybridized carbons (Fsp3) is 0.167. The summed E-state index contributed by atoms with van der Waals surface area (Å²) in [5.41, 5.74) is 1.52. The third kappa shape index (κ3) is 1.81. The van der Waals surface area contributed by atoms with Crippen LogP contribution in [-0.2, 0) is 0 Å². The van der Waals surface area contributed by atoms with Crippen molar-refractivity contribution in [1.82, 2.24) is 4.98 Å². The maximum Gasteiger partial charge on any atom is 0.362 e. The van der Waals surface area contributed by atoms with Crippen LogP contribution in [0.15, 0.2) is 39.5 Å². The van der Waals surface area contributed by atoms with E-state index in [1.54, 1.807) is 6.92 Å². The Hall–Kier alpha value is -1.90. The van der Waals surface area contributed by atoms with Gasteiger partial charge in [0.1, 0.15) is 5.76 Å². The Morgan fingerprint density at radius 1 is 1.13 bits per heavy atom. The van der Waals surface area contributed by atoms with Crippen LogP contribution >= 0.6 is 0 Å². The SMILES string of the molecule is Cc1nc(-c2ccccc2)c(=O)oc1C. The van der Waals surface area contributed by atoms with Gasteiger partial charge in [-0.15, -0.1) is 0 Å². The van der Waals surface area contributed by atoms with Crippen molar-refractivity contribution in [2.24, 2.45) is 0 Å². The summed E-state index contributed by atoms with van der Waals surface area (Å²) in [5, 5.41) is 0. The van der Waals surface area contributed by atoms with Crippen LogP contribution < -0.4 is 5.63 Å². The average Bonchev–Trinajstić information content (AvgIpc) is 2.25. The molecule has 76 valence electrons. The molecule has 0 fully saturated rings. The molecule has 0 aliphatic rings. The number of rotatable bonds is 1. The van der Waals surface area contributed by atoms with Crippen LogP contribution in [-0.4, -0.2) is 4.98 Å². The van der Waals surface area contributed by atoms with Gasteiger partial charge in [0.15, 0.2) is 5.69 Å². The van der Waals surface area contributed by atoms with Crippen LogP contribution in [0.1, 0.15) is 11.5 Å². The molecule has 0 unspecified atom stereocenters. The van der Waals surface area contributed by atoms with E-state index in [4.69, 9.17) is 4.42 Å². The molecule has 1 aromatic carbocycles. The first-order valence-electron chi connectivity index (χ1n) is 4.72. The number of nitrogens with zero attached hydrogens (tertiary/aromatic N) is 1. The molecule has 2 aromatic rings. The zero-order valence-electron chi connectivity index (χ0n) is 8.65. The monoisotopic (exact) mass is 201 g/mol. The van der Waals surface area contributed by atoms with E-state index in [9.17, 15) is 4.79 Å². The minimum atomic E-state index is -0.385. The van der Waals surface area contributed by atoms with E-state index in [1.165, 1.54) is 0 Å². The Balaban J connectivity index is 2.65. The van der Waals surface area contributed by atoms with Gasteiger partial charge in [-0.2, -0.15) is 0 Å². The lowest BCUT2D eigenvalue weighted by Crippen LogP contribution is -2.08. The first-order chi connectivity index (χ1) is 7.18. The summed E-state index contributed by atoms with van der Waals surface area (Å²) in [7, 11) is 0. The highest BCUT2D eigenvalue weighted by Gasteiger charge is 2.08. The molecule has 0 atom stereocenters. The van der Waals surface area contributed by atoms with Gasteiger partial charge in [-0.3, -0.25) is 0 Å². The minimum Gasteiger partial charge on any atom is -0.425 e. The molecule has 0 radical (unpaired) electrons. The van der Waals surface area contributed by atoms with Gasteiger partial charge >= 0.3 is 5.63 Å². The van der Waals surface area contributed by atoms with Crippen molar-refractivity contribution in [1.29, 1.82) is 0 Å². The molecule has 0 N–H and O–H groups in total. The van der Waals surface area contributed by atoms with E-state index in [2.05, 4.69) is 4.98 Å². The Bertz CT molecular complexity index is 529. The van der Waals surface area contributed by atoms with Gasteiger partial charge < -0.3 is 4.42 Å². The summed E-state index contributed by atoms with van der Waals surface area (Å²) in [6, 6.07) is 9.31. The Labute approximate surface area is 87.4 Å². The fourth-order valence-corrected chi connectivity index (χ4v) is 1.33. The third-order valence-corrected chi connectivity index (χ3v) is 2.28. The highest BCUT2D eigenvalue weighted by atomic mass is 16.4. The standard InChI is InChI=1S/C12H11NO2/c1-8-9(2)15-12(14)11(13-8)10-6-4-3-5-7-10/h3-7H,1-2H3. The van der Waals surface area contributed by atoms with Crippen molar-refractivity contribution in [2.45, 2.75) is 13.8 Å². The van der Waals surface area contributed by atoms with E-state index >= 15 is 0 Å². The summed E-state index contributed by atoms with van der Waals surface area (Å²) in [6.07, 6.45) is 0. The normalized spacial score (nSPS) is 10.3. The molecule has 3 nitrogen and oxygen atoms in total. The topological polar surface area (TPSA) is 43.1 Å². The maximum atomic E-state index is 11.6. The van der Waals surface area contributed by atoms with Gasteiger partial charge in [-0.25, -0.2) is 9.78 Å². The van der Waals surface area contributed by atoms with Crippen LogP contribution in [0.25, 0.3) is 11.3 Å². The number of hydrogen-bond acceptors (Lipinski definition) is 3. The van der Waals surface area contributed by atoms with Crippen LogP contribution in [0, 0.1) is 13.8 Å². The van der Waals surface area contributed by atoms with Crippen molar-refractivity contribution >= 4 is 0 Å². The van der Waals surface area contributed by atoms with Crippen LogP contribution in [0.2, 0.25) is 0 Å². The van der Waals surface area contributed by atoms with E-state index < -0.39 is 0 Å². The van der Waals surface area contributed by atoms with Gasteiger partial charge in [0, 0.05) is 5.56 Å². The van der Waals surface area contributed by atoms with Gasteiger partial charge in [0.05, 0.1) is 5.69 Å². The predicted octanol–water partition coefficient (Wildman–Crippen LogP) is 2.32. The number of aryl methyl sites for hydroxylation is 2. The first kappa shape index (κ1) is 9.65. The second-order valence-electron chi connectivity index (χ2n) is 3.36. The molecule has 0 amide bonds. The van der Waals surface area contributed by atoms with Gasteiger partial charge in [-0.1, -0.05) is 30.3 Å². The zero-order chi connectivity index (χ0) is 10.8. The second-order valence-corrected chi connectivity index (χ2v) is 3.36. The summed E-state index contributed by atoms with van der Waals surface area (Å²) in [4.78, 5) is 15.8. The van der Waals surface area contributed by atoms with Crippen molar-refractivity contribution in [3.63, 3.8) is 0 Å². The van der Waals surface area contributed by atoms with Crippen molar-refractivity contribution in [3.05, 3.63) is 52.2 Å². The second kappa shape index (κ2) is 3.69.